The zero-order valence-electron chi connectivity index (χ0n) is 14.9. The van der Waals surface area contributed by atoms with Crippen LogP contribution in [0.5, 0.6) is 0 Å². The van der Waals surface area contributed by atoms with E-state index in [1.54, 1.807) is 19.1 Å². The van der Waals surface area contributed by atoms with Crippen LogP contribution in [-0.2, 0) is 16.1 Å². The number of nitrogens with zero attached hydrogens (tertiary/aromatic N) is 3. The SMILES string of the molecule is Cc1cc(C(F)F)nn1CC(=O)N1C=CC(C2CCNCC2)=CC1C(=O)O. The van der Waals surface area contributed by atoms with E-state index in [-0.39, 0.29) is 12.5 Å². The minimum absolute atomic E-state index is 0.267. The van der Waals surface area contributed by atoms with Crippen LogP contribution in [0.15, 0.2) is 30.0 Å². The quantitative estimate of drug-likeness (QED) is 0.814. The summed E-state index contributed by atoms with van der Waals surface area (Å²) in [5, 5.41) is 16.6. The van der Waals surface area contributed by atoms with E-state index in [9.17, 15) is 23.5 Å². The number of rotatable bonds is 5. The molecule has 1 unspecified atom stereocenters. The molecule has 1 aromatic rings. The lowest BCUT2D eigenvalue weighted by Crippen LogP contribution is -2.44. The number of aliphatic carboxylic acids is 1. The molecule has 1 amide bonds. The Bertz CT molecular complexity index is 782. The summed E-state index contributed by atoms with van der Waals surface area (Å²) in [6, 6.07) is 0.103. The van der Waals surface area contributed by atoms with Gasteiger partial charge in [0.2, 0.25) is 5.91 Å². The lowest BCUT2D eigenvalue weighted by molar-refractivity contribution is -0.146. The molecule has 2 aliphatic rings. The van der Waals surface area contributed by atoms with Crippen LogP contribution >= 0.6 is 0 Å². The Hall–Kier alpha value is -2.55. The van der Waals surface area contributed by atoms with Crippen molar-refractivity contribution in [1.29, 1.82) is 0 Å². The molecule has 3 rings (SSSR count). The molecule has 7 nitrogen and oxygen atoms in total. The molecule has 2 aliphatic heterocycles. The van der Waals surface area contributed by atoms with Crippen molar-refractivity contribution in [2.75, 3.05) is 13.1 Å². The van der Waals surface area contributed by atoms with Crippen molar-refractivity contribution in [3.05, 3.63) is 41.4 Å². The number of carbonyl (C=O) groups excluding carboxylic acids is 1. The van der Waals surface area contributed by atoms with Gasteiger partial charge in [-0.25, -0.2) is 13.6 Å². The highest BCUT2D eigenvalue weighted by molar-refractivity contribution is 5.86. The van der Waals surface area contributed by atoms with E-state index in [1.165, 1.54) is 16.9 Å². The molecule has 27 heavy (non-hydrogen) atoms. The van der Waals surface area contributed by atoms with Gasteiger partial charge >= 0.3 is 5.97 Å². The number of hydrogen-bond donors (Lipinski definition) is 2. The molecule has 1 saturated heterocycles. The smallest absolute Gasteiger partial charge is 0.330 e. The Morgan fingerprint density at radius 1 is 1.37 bits per heavy atom. The van der Waals surface area contributed by atoms with Crippen molar-refractivity contribution < 1.29 is 23.5 Å². The van der Waals surface area contributed by atoms with Crippen LogP contribution in [0.2, 0.25) is 0 Å². The number of hydrogen-bond acceptors (Lipinski definition) is 4. The first kappa shape index (κ1) is 19.2. The molecular weight excluding hydrogens is 358 g/mol. The Kier molecular flexibility index (Phi) is 5.69. The predicted octanol–water partition coefficient (Wildman–Crippen LogP) is 1.86. The molecule has 1 aromatic heterocycles. The molecule has 0 aromatic carbocycles. The minimum Gasteiger partial charge on any atom is -0.479 e. The maximum absolute atomic E-state index is 12.8. The number of piperidine rings is 1. The van der Waals surface area contributed by atoms with Crippen LogP contribution in [0, 0.1) is 12.8 Å². The first-order valence-electron chi connectivity index (χ1n) is 8.84. The van der Waals surface area contributed by atoms with Gasteiger partial charge in [0.05, 0.1) is 0 Å². The fraction of sp³-hybridized carbons (Fsp3) is 0.500. The number of nitrogens with one attached hydrogen (secondary N) is 1. The number of allylic oxidation sites excluding steroid dienone is 2. The van der Waals surface area contributed by atoms with Gasteiger partial charge in [0.1, 0.15) is 12.2 Å². The normalized spacial score (nSPS) is 20.8. The van der Waals surface area contributed by atoms with Crippen molar-refractivity contribution in [1.82, 2.24) is 20.0 Å². The Balaban J connectivity index is 1.75. The van der Waals surface area contributed by atoms with Gasteiger partial charge in [0.15, 0.2) is 6.04 Å². The summed E-state index contributed by atoms with van der Waals surface area (Å²) in [4.78, 5) is 25.4. The highest BCUT2D eigenvalue weighted by atomic mass is 19.3. The molecule has 0 radical (unpaired) electrons. The molecular formula is C18H22F2N4O3. The van der Waals surface area contributed by atoms with Gasteiger partial charge in [-0.1, -0.05) is 0 Å². The third-order valence-corrected chi connectivity index (χ3v) is 4.94. The molecule has 0 spiro atoms. The Morgan fingerprint density at radius 2 is 2.07 bits per heavy atom. The maximum atomic E-state index is 12.8. The zero-order chi connectivity index (χ0) is 19.6. The molecule has 0 saturated carbocycles. The van der Waals surface area contributed by atoms with Crippen LogP contribution in [-0.4, -0.2) is 50.8 Å². The van der Waals surface area contributed by atoms with Crippen LogP contribution < -0.4 is 5.32 Å². The average Bonchev–Trinajstić information content (AvgIpc) is 3.02. The van der Waals surface area contributed by atoms with Gasteiger partial charge in [-0.15, -0.1) is 0 Å². The highest BCUT2D eigenvalue weighted by Gasteiger charge is 2.31. The summed E-state index contributed by atoms with van der Waals surface area (Å²) in [6.07, 6.45) is 3.96. The number of aromatic nitrogens is 2. The maximum Gasteiger partial charge on any atom is 0.330 e. The molecule has 1 atom stereocenters. The Morgan fingerprint density at radius 3 is 2.67 bits per heavy atom. The second-order valence-electron chi connectivity index (χ2n) is 6.76. The molecule has 0 bridgehead atoms. The summed E-state index contributed by atoms with van der Waals surface area (Å²) in [5.74, 6) is -1.39. The third kappa shape index (κ3) is 4.24. The standard InChI is InChI=1S/C18H22F2N4O3/c1-11-8-14(17(19)20)22-24(11)10-16(25)23-7-4-13(9-15(23)18(26)27)12-2-5-21-6-3-12/h4,7-9,12,15,17,21H,2-3,5-6,10H2,1H3,(H,26,27). The van der Waals surface area contributed by atoms with Crippen molar-refractivity contribution in [2.45, 2.75) is 38.8 Å². The number of halogens is 2. The van der Waals surface area contributed by atoms with Gasteiger partial charge in [0, 0.05) is 11.9 Å². The van der Waals surface area contributed by atoms with Crippen molar-refractivity contribution >= 4 is 11.9 Å². The first-order chi connectivity index (χ1) is 12.9. The largest absolute Gasteiger partial charge is 0.479 e. The van der Waals surface area contributed by atoms with Gasteiger partial charge in [-0.3, -0.25) is 14.4 Å². The number of amides is 1. The minimum atomic E-state index is -2.72. The zero-order valence-corrected chi connectivity index (χ0v) is 14.9. The van der Waals surface area contributed by atoms with Gasteiger partial charge in [-0.2, -0.15) is 5.10 Å². The van der Waals surface area contributed by atoms with E-state index in [2.05, 4.69) is 10.4 Å². The first-order valence-corrected chi connectivity index (χ1v) is 8.84. The fourth-order valence-electron chi connectivity index (χ4n) is 3.45. The predicted molar refractivity (Wildman–Crippen MR) is 93.0 cm³/mol. The van der Waals surface area contributed by atoms with Crippen molar-refractivity contribution in [3.8, 4) is 0 Å². The second-order valence-corrected chi connectivity index (χ2v) is 6.76. The average molecular weight is 380 g/mol. The van der Waals surface area contributed by atoms with E-state index in [1.807, 2.05) is 0 Å². The van der Waals surface area contributed by atoms with E-state index >= 15 is 0 Å². The number of carbonyl (C=O) groups is 2. The van der Waals surface area contributed by atoms with Gasteiger partial charge in [-0.05, 0) is 62.6 Å². The van der Waals surface area contributed by atoms with Crippen LogP contribution in [0.25, 0.3) is 0 Å². The number of carboxylic acid groups (broad SMARTS) is 1. The number of carboxylic acids is 1. The highest BCUT2D eigenvalue weighted by Crippen LogP contribution is 2.27. The summed E-state index contributed by atoms with van der Waals surface area (Å²) in [5.41, 5.74) is 0.929. The summed E-state index contributed by atoms with van der Waals surface area (Å²) in [7, 11) is 0. The van der Waals surface area contributed by atoms with E-state index in [0.29, 0.717) is 5.69 Å². The van der Waals surface area contributed by atoms with Crippen molar-refractivity contribution in [2.24, 2.45) is 5.92 Å². The lowest BCUT2D eigenvalue weighted by atomic mass is 9.87. The Labute approximate surface area is 155 Å². The summed E-state index contributed by atoms with van der Waals surface area (Å²) in [6.45, 7) is 3.02. The monoisotopic (exact) mass is 380 g/mol. The van der Waals surface area contributed by atoms with E-state index < -0.39 is 30.0 Å². The molecule has 0 aliphatic carbocycles. The van der Waals surface area contributed by atoms with Gasteiger partial charge < -0.3 is 10.4 Å². The fourth-order valence-corrected chi connectivity index (χ4v) is 3.45. The molecule has 9 heteroatoms. The van der Waals surface area contributed by atoms with Crippen LogP contribution in [0.3, 0.4) is 0 Å². The van der Waals surface area contributed by atoms with Crippen LogP contribution in [0.4, 0.5) is 8.78 Å². The van der Waals surface area contributed by atoms with E-state index in [4.69, 9.17) is 0 Å². The molecule has 146 valence electrons. The van der Waals surface area contributed by atoms with Crippen LogP contribution in [0.1, 0.15) is 30.7 Å². The lowest BCUT2D eigenvalue weighted by Gasteiger charge is -2.31. The summed E-state index contributed by atoms with van der Waals surface area (Å²) >= 11 is 0. The molecule has 3 heterocycles. The number of alkyl halides is 2. The molecule has 1 fully saturated rings. The topological polar surface area (TPSA) is 87.5 Å². The summed E-state index contributed by atoms with van der Waals surface area (Å²) < 4.78 is 26.7. The van der Waals surface area contributed by atoms with Gasteiger partial charge in [0.25, 0.3) is 6.43 Å². The third-order valence-electron chi connectivity index (χ3n) is 4.94. The molecule has 2 N–H and O–H groups in total. The van der Waals surface area contributed by atoms with Crippen molar-refractivity contribution in [3.63, 3.8) is 0 Å². The second kappa shape index (κ2) is 7.99. The van der Waals surface area contributed by atoms with E-state index in [0.717, 1.165) is 36.4 Å². The number of aryl methyl sites for hydroxylation is 1.